The molecule has 1 atom stereocenters. The molecule has 0 saturated heterocycles. The molecule has 192 valence electrons. The van der Waals surface area contributed by atoms with Crippen LogP contribution >= 0.6 is 0 Å². The molecule has 0 bridgehead atoms. The third-order valence-corrected chi connectivity index (χ3v) is 12.9. The minimum absolute atomic E-state index is 0. The number of halogens is 2. The Labute approximate surface area is 259 Å². The van der Waals surface area contributed by atoms with E-state index >= 15 is 0 Å². The number of hydrogen-bond acceptors (Lipinski definition) is 0. The second-order valence-electron chi connectivity index (χ2n) is 10.6. The number of allylic oxidation sites excluding steroid dienone is 2. The van der Waals surface area contributed by atoms with Gasteiger partial charge in [-0.1, -0.05) is 0 Å². The van der Waals surface area contributed by atoms with E-state index in [1.165, 1.54) is 54.9 Å². The monoisotopic (exact) mass is 630 g/mol. The van der Waals surface area contributed by atoms with Gasteiger partial charge in [0.25, 0.3) is 0 Å². The van der Waals surface area contributed by atoms with Gasteiger partial charge in [-0.2, -0.15) is 0 Å². The van der Waals surface area contributed by atoms with E-state index in [0.717, 1.165) is 0 Å². The fraction of sp³-hybridized carbons (Fsp3) is 0.0811. The predicted molar refractivity (Wildman–Crippen MR) is 157 cm³/mol. The van der Waals surface area contributed by atoms with Crippen molar-refractivity contribution in [3.8, 4) is 22.3 Å². The van der Waals surface area contributed by atoms with E-state index in [4.69, 9.17) is 0 Å². The fourth-order valence-electron chi connectivity index (χ4n) is 6.85. The van der Waals surface area contributed by atoms with Gasteiger partial charge in [-0.25, -0.2) is 0 Å². The van der Waals surface area contributed by atoms with Gasteiger partial charge in [-0.15, -0.1) is 0 Å². The van der Waals surface area contributed by atoms with Crippen LogP contribution in [0.15, 0.2) is 127 Å². The third kappa shape index (κ3) is 4.14. The van der Waals surface area contributed by atoms with E-state index in [9.17, 15) is 0 Å². The topological polar surface area (TPSA) is 0 Å². The van der Waals surface area contributed by atoms with Gasteiger partial charge in [-0.3, -0.25) is 0 Å². The first-order valence-corrected chi connectivity index (χ1v) is 16.3. The zero-order valence-electron chi connectivity index (χ0n) is 22.0. The molecule has 2 aliphatic rings. The van der Waals surface area contributed by atoms with Crippen molar-refractivity contribution in [2.75, 3.05) is 0 Å². The standard InChI is InChI=1S/C24H17.C13H9.2ClH.Zr/c1-16-13-14-17-8-6-12-22(24(16)17)23-15-18-7-2-3-9-19(18)20-10-4-5-11-21(20)23;1-3-7-12-10(5-1)9-11-6-2-4-8-13(11)12;;;/h2-15H,1H3;1-9H;2*1H;/q;;;;+2/p-2. The summed E-state index contributed by atoms with van der Waals surface area (Å²) in [5.41, 5.74) is 13.2. The van der Waals surface area contributed by atoms with Crippen molar-refractivity contribution in [2.45, 2.75) is 14.2 Å². The first-order valence-electron chi connectivity index (χ1n) is 13.4. The predicted octanol–water partition coefficient (Wildman–Crippen LogP) is 3.98. The van der Waals surface area contributed by atoms with E-state index < -0.39 is 23.2 Å². The van der Waals surface area contributed by atoms with Crippen LogP contribution in [0.5, 0.6) is 0 Å². The molecule has 0 heterocycles. The van der Waals surface area contributed by atoms with E-state index in [1.54, 1.807) is 16.7 Å². The summed E-state index contributed by atoms with van der Waals surface area (Å²) in [6.07, 6.45) is 2.60. The maximum absolute atomic E-state index is 2.60. The summed E-state index contributed by atoms with van der Waals surface area (Å²) < 4.78 is 1.17. The van der Waals surface area contributed by atoms with Crippen LogP contribution in [0.3, 0.4) is 0 Å². The van der Waals surface area contributed by atoms with Gasteiger partial charge in [-0.05, 0) is 0 Å². The van der Waals surface area contributed by atoms with Crippen molar-refractivity contribution in [3.63, 3.8) is 0 Å². The van der Waals surface area contributed by atoms with Gasteiger partial charge in [0, 0.05) is 0 Å². The van der Waals surface area contributed by atoms with E-state index in [2.05, 4.69) is 134 Å². The first kappa shape index (κ1) is 27.2. The summed E-state index contributed by atoms with van der Waals surface area (Å²) in [5.74, 6) is 0. The van der Waals surface area contributed by atoms with Crippen LogP contribution in [0.25, 0.3) is 49.4 Å². The summed E-state index contributed by atoms with van der Waals surface area (Å²) >= 11 is -0.907. The molecule has 0 N–H and O–H groups in total. The maximum atomic E-state index is 2.60. The molecular weight excluding hydrogens is 607 g/mol. The summed E-state index contributed by atoms with van der Waals surface area (Å²) in [4.78, 5) is 0. The Morgan fingerprint density at radius 2 is 1.05 bits per heavy atom. The molecule has 0 amide bonds. The van der Waals surface area contributed by atoms with Crippen molar-refractivity contribution < 1.29 is 48.0 Å². The van der Waals surface area contributed by atoms with Gasteiger partial charge in [0.15, 0.2) is 0 Å². The maximum Gasteiger partial charge on any atom is -1.00 e. The van der Waals surface area contributed by atoms with Gasteiger partial charge in [0.2, 0.25) is 0 Å². The number of fused-ring (bicyclic) bond motifs is 7. The third-order valence-electron chi connectivity index (χ3n) is 8.48. The van der Waals surface area contributed by atoms with E-state index in [0.29, 0.717) is 7.25 Å². The molecule has 2 aliphatic carbocycles. The SMILES string of the molecule is CC1=C[CH]([Zr+2][CH]2c3ccccc3-c3ccccc32)c2cccc(-c3cc4ccccc4c4ccccc34)c21.[Cl-].[Cl-]. The van der Waals surface area contributed by atoms with Crippen LogP contribution in [-0.4, -0.2) is 0 Å². The first-order chi connectivity index (χ1) is 18.8. The molecule has 6 aromatic carbocycles. The number of hydrogen-bond donors (Lipinski definition) is 0. The summed E-state index contributed by atoms with van der Waals surface area (Å²) in [6.45, 7) is 2.33. The Balaban J connectivity index is 0.00000145. The van der Waals surface area contributed by atoms with Crippen LogP contribution in [0.4, 0.5) is 0 Å². The van der Waals surface area contributed by atoms with Crippen LogP contribution in [0.1, 0.15) is 36.4 Å². The van der Waals surface area contributed by atoms with Crippen molar-refractivity contribution in [1.82, 2.24) is 0 Å². The molecule has 6 aromatic rings. The van der Waals surface area contributed by atoms with Crippen molar-refractivity contribution in [1.29, 1.82) is 0 Å². The molecule has 0 aromatic heterocycles. The minimum Gasteiger partial charge on any atom is -1.00 e. The molecule has 0 saturated carbocycles. The molecule has 0 fully saturated rings. The molecule has 40 heavy (non-hydrogen) atoms. The van der Waals surface area contributed by atoms with Gasteiger partial charge in [0.05, 0.1) is 0 Å². The quantitative estimate of drug-likeness (QED) is 0.259. The molecule has 1 unspecified atom stereocenters. The summed E-state index contributed by atoms with van der Waals surface area (Å²) in [6, 6.07) is 45.4. The largest absolute Gasteiger partial charge is 1.00 e. The number of benzene rings is 6. The van der Waals surface area contributed by atoms with Gasteiger partial charge < -0.3 is 24.8 Å². The molecule has 0 nitrogen and oxygen atoms in total. The molecule has 0 spiro atoms. The smallest absolute Gasteiger partial charge is 1.00 e. The minimum atomic E-state index is -0.907. The Kier molecular flexibility index (Phi) is 7.34. The molecule has 0 radical (unpaired) electrons. The molecular formula is C37H26Cl2Zr. The van der Waals surface area contributed by atoms with Crippen molar-refractivity contribution in [2.24, 2.45) is 0 Å². The second kappa shape index (κ2) is 10.8. The van der Waals surface area contributed by atoms with E-state index in [-0.39, 0.29) is 24.8 Å². The summed E-state index contributed by atoms with van der Waals surface area (Å²) in [7, 11) is 0. The van der Waals surface area contributed by atoms with Gasteiger partial charge in [0.1, 0.15) is 0 Å². The fourth-order valence-corrected chi connectivity index (χ4v) is 11.7. The Bertz CT molecular complexity index is 1890. The molecule has 0 aliphatic heterocycles. The average Bonchev–Trinajstić information content (AvgIpc) is 3.47. The zero-order valence-corrected chi connectivity index (χ0v) is 26.0. The second-order valence-corrected chi connectivity index (χ2v) is 14.3. The van der Waals surface area contributed by atoms with Crippen molar-refractivity contribution in [3.05, 3.63) is 150 Å². The van der Waals surface area contributed by atoms with E-state index in [1.807, 2.05) is 0 Å². The average molecular weight is 633 g/mol. The van der Waals surface area contributed by atoms with Crippen LogP contribution in [0.2, 0.25) is 0 Å². The zero-order chi connectivity index (χ0) is 25.2. The van der Waals surface area contributed by atoms with Gasteiger partial charge >= 0.3 is 236 Å². The van der Waals surface area contributed by atoms with Crippen LogP contribution in [-0.2, 0) is 23.2 Å². The number of rotatable bonds is 3. The van der Waals surface area contributed by atoms with Crippen LogP contribution in [0, 0.1) is 0 Å². The van der Waals surface area contributed by atoms with Crippen molar-refractivity contribution >= 4 is 27.1 Å². The van der Waals surface area contributed by atoms with Crippen LogP contribution < -0.4 is 24.8 Å². The molecule has 8 rings (SSSR count). The summed E-state index contributed by atoms with van der Waals surface area (Å²) in [5, 5.41) is 5.32. The normalized spacial score (nSPS) is 14.9. The molecule has 3 heteroatoms. The Hall–Kier alpha value is -2.96. The Morgan fingerprint density at radius 1 is 0.500 bits per heavy atom. The Morgan fingerprint density at radius 3 is 1.77 bits per heavy atom.